The Morgan fingerprint density at radius 3 is 2.36 bits per heavy atom. The van der Waals surface area contributed by atoms with E-state index in [0.717, 1.165) is 22.2 Å². The molecular weight excluding hydrogens is 352 g/mol. The summed E-state index contributed by atoms with van der Waals surface area (Å²) in [5.74, 6) is -2.18. The van der Waals surface area contributed by atoms with Crippen LogP contribution in [0, 0.1) is 11.8 Å². The van der Waals surface area contributed by atoms with Gasteiger partial charge in [0.05, 0.1) is 23.4 Å². The van der Waals surface area contributed by atoms with Crippen molar-refractivity contribution in [2.45, 2.75) is 25.7 Å². The van der Waals surface area contributed by atoms with Crippen LogP contribution in [-0.4, -0.2) is 22.6 Å². The van der Waals surface area contributed by atoms with Gasteiger partial charge in [-0.05, 0) is 36.6 Å². The zero-order valence-corrected chi connectivity index (χ0v) is 15.7. The Labute approximate surface area is 162 Å². The number of nitrogens with zero attached hydrogens (tertiary/aromatic N) is 1. The van der Waals surface area contributed by atoms with Crippen molar-refractivity contribution < 1.29 is 14.4 Å². The van der Waals surface area contributed by atoms with Gasteiger partial charge in [-0.2, -0.15) is 0 Å². The first-order valence-corrected chi connectivity index (χ1v) is 9.54. The molecule has 0 radical (unpaired) electrons. The van der Waals surface area contributed by atoms with E-state index in [9.17, 15) is 14.4 Å². The zero-order valence-electron chi connectivity index (χ0n) is 15.7. The molecular formula is C23H20N2O3. The van der Waals surface area contributed by atoms with Crippen molar-refractivity contribution >= 4 is 34.2 Å². The predicted molar refractivity (Wildman–Crippen MR) is 106 cm³/mol. The molecule has 140 valence electrons. The summed E-state index contributed by atoms with van der Waals surface area (Å²) in [7, 11) is 0. The second-order valence-corrected chi connectivity index (χ2v) is 7.80. The lowest BCUT2D eigenvalue weighted by Gasteiger charge is -2.34. The molecule has 2 heterocycles. The van der Waals surface area contributed by atoms with Gasteiger partial charge in [0.25, 0.3) is 0 Å². The molecule has 28 heavy (non-hydrogen) atoms. The molecule has 2 aliphatic rings. The van der Waals surface area contributed by atoms with E-state index in [0.29, 0.717) is 5.69 Å². The molecule has 1 aromatic heterocycles. The lowest BCUT2D eigenvalue weighted by molar-refractivity contribution is -0.124. The van der Waals surface area contributed by atoms with E-state index < -0.39 is 17.8 Å². The number of hydrogen-bond donors (Lipinski definition) is 1. The Hall–Kier alpha value is -3.21. The van der Waals surface area contributed by atoms with Gasteiger partial charge in [-0.3, -0.25) is 14.4 Å². The minimum atomic E-state index is -0.565. The second-order valence-electron chi connectivity index (χ2n) is 7.80. The summed E-state index contributed by atoms with van der Waals surface area (Å²) < 4.78 is 0. The molecule has 1 aliphatic carbocycles. The number of aromatic amines is 1. The molecule has 1 aliphatic heterocycles. The van der Waals surface area contributed by atoms with Gasteiger partial charge in [0.15, 0.2) is 0 Å². The van der Waals surface area contributed by atoms with Crippen LogP contribution in [0.4, 0.5) is 5.69 Å². The van der Waals surface area contributed by atoms with Crippen molar-refractivity contribution in [1.29, 1.82) is 0 Å². The van der Waals surface area contributed by atoms with Crippen LogP contribution in [-0.2, 0) is 14.4 Å². The van der Waals surface area contributed by atoms with Gasteiger partial charge >= 0.3 is 0 Å². The quantitative estimate of drug-likeness (QED) is 0.696. The van der Waals surface area contributed by atoms with Gasteiger partial charge in [-0.25, -0.2) is 4.90 Å². The lowest BCUT2D eigenvalue weighted by Crippen LogP contribution is -2.36. The number of hydrogen-bond acceptors (Lipinski definition) is 3. The summed E-state index contributed by atoms with van der Waals surface area (Å²) in [5, 5.41) is 0.918. The van der Waals surface area contributed by atoms with Crippen LogP contribution < -0.4 is 4.90 Å². The second kappa shape index (κ2) is 5.89. The molecule has 3 aromatic rings. The largest absolute Gasteiger partial charge is 0.358 e. The number of rotatable bonds is 2. The molecule has 5 rings (SSSR count). The van der Waals surface area contributed by atoms with Crippen LogP contribution in [0.2, 0.25) is 0 Å². The normalized spacial score (nSPS) is 26.4. The third kappa shape index (κ3) is 2.10. The molecule has 5 heteroatoms. The lowest BCUT2D eigenvalue weighted by atomic mass is 9.66. The van der Waals surface area contributed by atoms with Crippen LogP contribution in [0.15, 0.2) is 54.6 Å². The fourth-order valence-corrected chi connectivity index (χ4v) is 5.16. The number of ketones is 1. The number of imide groups is 1. The topological polar surface area (TPSA) is 70.2 Å². The summed E-state index contributed by atoms with van der Waals surface area (Å²) >= 11 is 0. The third-order valence-corrected chi connectivity index (χ3v) is 6.29. The Morgan fingerprint density at radius 2 is 1.64 bits per heavy atom. The Balaban J connectivity index is 1.76. The van der Waals surface area contributed by atoms with Crippen LogP contribution in [0.25, 0.3) is 10.9 Å². The van der Waals surface area contributed by atoms with Crippen LogP contribution in [0.1, 0.15) is 36.9 Å². The SMILES string of the molecule is CC(=O)[C@@H]1c2[nH]c3ccccc3c2[C@@H]2C(=O)N(c3ccccc3)C(=O)[C@@H]2[C@@H]1C. The fourth-order valence-electron chi connectivity index (χ4n) is 5.16. The van der Waals surface area contributed by atoms with Gasteiger partial charge in [-0.1, -0.05) is 43.3 Å². The average Bonchev–Trinajstić information content (AvgIpc) is 3.17. The molecule has 2 amide bonds. The molecule has 1 saturated heterocycles. The maximum atomic E-state index is 13.5. The van der Waals surface area contributed by atoms with E-state index in [2.05, 4.69) is 4.98 Å². The van der Waals surface area contributed by atoms with Crippen molar-refractivity contribution in [3.63, 3.8) is 0 Å². The van der Waals surface area contributed by atoms with Gasteiger partial charge < -0.3 is 4.98 Å². The highest BCUT2D eigenvalue weighted by atomic mass is 16.2. The van der Waals surface area contributed by atoms with Gasteiger partial charge in [0.2, 0.25) is 11.8 Å². The maximum absolute atomic E-state index is 13.5. The smallest absolute Gasteiger partial charge is 0.242 e. The first-order chi connectivity index (χ1) is 13.5. The molecule has 5 nitrogen and oxygen atoms in total. The van der Waals surface area contributed by atoms with Crippen molar-refractivity contribution in [2.24, 2.45) is 11.8 Å². The molecule has 1 N–H and O–H groups in total. The molecule has 2 aromatic carbocycles. The molecule has 0 spiro atoms. The summed E-state index contributed by atoms with van der Waals surface area (Å²) in [5.41, 5.74) is 3.08. The molecule has 4 atom stereocenters. The molecule has 0 unspecified atom stereocenters. The number of fused-ring (bicyclic) bond motifs is 5. The van der Waals surface area contributed by atoms with E-state index in [4.69, 9.17) is 0 Å². The summed E-state index contributed by atoms with van der Waals surface area (Å²) in [6, 6.07) is 16.8. The van der Waals surface area contributed by atoms with E-state index in [1.165, 1.54) is 4.90 Å². The van der Waals surface area contributed by atoms with Crippen LogP contribution in [0.3, 0.4) is 0 Å². The zero-order chi connectivity index (χ0) is 19.6. The van der Waals surface area contributed by atoms with Crippen LogP contribution >= 0.6 is 0 Å². The summed E-state index contributed by atoms with van der Waals surface area (Å²) in [6.45, 7) is 3.48. The van der Waals surface area contributed by atoms with Gasteiger partial charge in [-0.15, -0.1) is 0 Å². The first kappa shape index (κ1) is 16.9. The number of anilines is 1. The van der Waals surface area contributed by atoms with Crippen molar-refractivity contribution in [3.05, 3.63) is 65.9 Å². The number of amides is 2. The minimum absolute atomic E-state index is 0.0113. The molecule has 0 saturated carbocycles. The fraction of sp³-hybridized carbons (Fsp3) is 0.261. The standard InChI is InChI=1S/C23H20N2O3/c1-12-17(13(2)26)21-19(15-10-6-7-11-16(15)24-21)20-18(12)22(27)25(23(20)28)14-8-4-3-5-9-14/h3-12,17-18,20,24H,1-2H3/t12-,17-,18-,20-/m1/s1. The van der Waals surface area contributed by atoms with Crippen molar-refractivity contribution in [1.82, 2.24) is 4.98 Å². The number of para-hydroxylation sites is 2. The average molecular weight is 372 g/mol. The maximum Gasteiger partial charge on any atom is 0.242 e. The van der Waals surface area contributed by atoms with Gasteiger partial charge in [0.1, 0.15) is 5.78 Å². The molecule has 1 fully saturated rings. The van der Waals surface area contributed by atoms with E-state index in [-0.39, 0.29) is 23.5 Å². The number of carbonyl (C=O) groups is 3. The third-order valence-electron chi connectivity index (χ3n) is 6.29. The highest BCUT2D eigenvalue weighted by Crippen LogP contribution is 2.53. The first-order valence-electron chi connectivity index (χ1n) is 9.54. The highest BCUT2D eigenvalue weighted by Gasteiger charge is 2.57. The predicted octanol–water partition coefficient (Wildman–Crippen LogP) is 3.76. The van der Waals surface area contributed by atoms with E-state index >= 15 is 0 Å². The number of H-pyrrole nitrogens is 1. The highest BCUT2D eigenvalue weighted by molar-refractivity contribution is 6.25. The van der Waals surface area contributed by atoms with Gasteiger partial charge in [0, 0.05) is 16.6 Å². The number of aromatic nitrogens is 1. The number of Topliss-reactive ketones (excluding diaryl/α,β-unsaturated/α-hetero) is 1. The Kier molecular flexibility index (Phi) is 3.56. The summed E-state index contributed by atoms with van der Waals surface area (Å²) in [6.07, 6.45) is 0. The number of nitrogens with one attached hydrogen (secondary N) is 1. The van der Waals surface area contributed by atoms with Crippen molar-refractivity contribution in [2.75, 3.05) is 4.90 Å². The number of carbonyl (C=O) groups excluding carboxylic acids is 3. The molecule has 0 bridgehead atoms. The van der Waals surface area contributed by atoms with Crippen LogP contribution in [0.5, 0.6) is 0 Å². The van der Waals surface area contributed by atoms with E-state index in [1.54, 1.807) is 19.1 Å². The monoisotopic (exact) mass is 372 g/mol. The Morgan fingerprint density at radius 1 is 0.964 bits per heavy atom. The summed E-state index contributed by atoms with van der Waals surface area (Å²) in [4.78, 5) is 44.1. The van der Waals surface area contributed by atoms with E-state index in [1.807, 2.05) is 49.4 Å². The Bertz CT molecular complexity index is 1130. The minimum Gasteiger partial charge on any atom is -0.358 e. The van der Waals surface area contributed by atoms with Crippen molar-refractivity contribution in [3.8, 4) is 0 Å². The number of benzene rings is 2.